The molecule has 2 saturated heterocycles. The Hall–Kier alpha value is -1.97. The van der Waals surface area contributed by atoms with E-state index >= 15 is 0 Å². The molecule has 0 atom stereocenters. The Morgan fingerprint density at radius 2 is 2.23 bits per heavy atom. The molecular formula is C17H22N6O2S. The minimum atomic E-state index is 0.0523. The van der Waals surface area contributed by atoms with Crippen LogP contribution in [-0.2, 0) is 24.3 Å². The molecule has 9 heteroatoms. The van der Waals surface area contributed by atoms with Crippen molar-refractivity contribution in [2.75, 3.05) is 44.7 Å². The Morgan fingerprint density at radius 3 is 3.00 bits per heavy atom. The summed E-state index contributed by atoms with van der Waals surface area (Å²) >= 11 is 1.78. The Bertz CT molecular complexity index is 804. The monoisotopic (exact) mass is 374 g/mol. The Labute approximate surface area is 156 Å². The topological polar surface area (TPSA) is 66.7 Å². The van der Waals surface area contributed by atoms with E-state index in [9.17, 15) is 4.79 Å². The minimum absolute atomic E-state index is 0.0523. The highest BCUT2D eigenvalue weighted by Crippen LogP contribution is 2.29. The molecule has 5 heterocycles. The van der Waals surface area contributed by atoms with Gasteiger partial charge in [0, 0.05) is 45.8 Å². The lowest BCUT2D eigenvalue weighted by atomic mass is 10.1. The highest BCUT2D eigenvalue weighted by atomic mass is 32.1. The van der Waals surface area contributed by atoms with Crippen LogP contribution in [0.25, 0.3) is 0 Å². The molecule has 0 radical (unpaired) electrons. The van der Waals surface area contributed by atoms with E-state index in [-0.39, 0.29) is 6.03 Å². The van der Waals surface area contributed by atoms with Gasteiger partial charge in [-0.05, 0) is 0 Å². The molecule has 0 unspecified atom stereocenters. The molecule has 0 spiro atoms. The van der Waals surface area contributed by atoms with Gasteiger partial charge in [0.1, 0.15) is 5.01 Å². The van der Waals surface area contributed by atoms with E-state index < -0.39 is 0 Å². The average molecular weight is 374 g/mol. The fourth-order valence-electron chi connectivity index (χ4n) is 3.73. The molecule has 0 aromatic carbocycles. The smallest absolute Gasteiger partial charge is 0.324 e. The van der Waals surface area contributed by atoms with Gasteiger partial charge in [-0.1, -0.05) is 0 Å². The highest BCUT2D eigenvalue weighted by Gasteiger charge is 2.32. The van der Waals surface area contributed by atoms with Crippen molar-refractivity contribution in [3.8, 4) is 0 Å². The molecule has 0 N–H and O–H groups in total. The number of urea groups is 1. The number of ether oxygens (including phenoxy) is 1. The van der Waals surface area contributed by atoms with Gasteiger partial charge >= 0.3 is 6.03 Å². The third-order valence-electron chi connectivity index (χ3n) is 5.33. The van der Waals surface area contributed by atoms with Crippen molar-refractivity contribution >= 4 is 23.1 Å². The highest BCUT2D eigenvalue weighted by molar-refractivity contribution is 7.11. The molecule has 8 nitrogen and oxygen atoms in total. The standard InChI is InChI=1S/C17H22N6O2S/c1-20-3-4-22(17(20)24)12-6-18-23(9-12)13-7-21(8-13)10-16-19-14-2-5-25-11-15(14)26-16/h6,9,13H,2-5,7-8,10-11H2,1H3. The number of aromatic nitrogens is 3. The molecule has 0 saturated carbocycles. The first-order valence-electron chi connectivity index (χ1n) is 9.02. The molecular weight excluding hydrogens is 352 g/mol. The van der Waals surface area contributed by atoms with Crippen molar-refractivity contribution in [1.29, 1.82) is 0 Å². The summed E-state index contributed by atoms with van der Waals surface area (Å²) in [5.74, 6) is 0. The van der Waals surface area contributed by atoms with Gasteiger partial charge in [0.15, 0.2) is 0 Å². The SMILES string of the molecule is CN1CCN(c2cnn(C3CN(Cc4nc5c(s4)COCC5)C3)c2)C1=O. The number of rotatable bonds is 4. The predicted octanol–water partition coefficient (Wildman–Crippen LogP) is 1.34. The molecule has 2 aromatic rings. The summed E-state index contributed by atoms with van der Waals surface area (Å²) < 4.78 is 7.50. The number of hydrogen-bond donors (Lipinski definition) is 0. The fraction of sp³-hybridized carbons (Fsp3) is 0.588. The Morgan fingerprint density at radius 1 is 1.35 bits per heavy atom. The first-order valence-corrected chi connectivity index (χ1v) is 9.83. The lowest BCUT2D eigenvalue weighted by Crippen LogP contribution is -2.47. The summed E-state index contributed by atoms with van der Waals surface area (Å²) in [5, 5.41) is 5.67. The van der Waals surface area contributed by atoms with Gasteiger partial charge in [-0.2, -0.15) is 5.10 Å². The fourth-order valence-corrected chi connectivity index (χ4v) is 4.83. The van der Waals surface area contributed by atoms with Crippen LogP contribution in [0.2, 0.25) is 0 Å². The van der Waals surface area contributed by atoms with Crippen molar-refractivity contribution in [2.45, 2.75) is 25.6 Å². The molecule has 2 amide bonds. The molecule has 0 aliphatic carbocycles. The van der Waals surface area contributed by atoms with E-state index in [4.69, 9.17) is 9.72 Å². The van der Waals surface area contributed by atoms with Crippen molar-refractivity contribution in [2.24, 2.45) is 0 Å². The van der Waals surface area contributed by atoms with Crippen LogP contribution in [0.3, 0.4) is 0 Å². The largest absolute Gasteiger partial charge is 0.375 e. The second-order valence-corrected chi connectivity index (χ2v) is 8.33. The Balaban J connectivity index is 1.18. The minimum Gasteiger partial charge on any atom is -0.375 e. The summed E-state index contributed by atoms with van der Waals surface area (Å²) in [6.07, 6.45) is 4.74. The van der Waals surface area contributed by atoms with E-state index in [0.717, 1.165) is 58.0 Å². The first kappa shape index (κ1) is 16.2. The average Bonchev–Trinajstić information content (AvgIpc) is 3.30. The van der Waals surface area contributed by atoms with E-state index in [2.05, 4.69) is 10.00 Å². The Kier molecular flexibility index (Phi) is 3.95. The van der Waals surface area contributed by atoms with E-state index in [1.807, 2.05) is 17.9 Å². The molecule has 2 fully saturated rings. The van der Waals surface area contributed by atoms with Gasteiger partial charge in [0.25, 0.3) is 0 Å². The maximum atomic E-state index is 12.1. The van der Waals surface area contributed by atoms with Gasteiger partial charge in [-0.3, -0.25) is 14.5 Å². The van der Waals surface area contributed by atoms with Gasteiger partial charge < -0.3 is 9.64 Å². The number of carbonyl (C=O) groups is 1. The van der Waals surface area contributed by atoms with Crippen LogP contribution >= 0.6 is 11.3 Å². The normalized spacial score (nSPS) is 21.3. The second kappa shape index (κ2) is 6.33. The van der Waals surface area contributed by atoms with Gasteiger partial charge in [0.05, 0.1) is 48.3 Å². The quantitative estimate of drug-likeness (QED) is 0.808. The molecule has 0 bridgehead atoms. The summed E-state index contributed by atoms with van der Waals surface area (Å²) in [4.78, 5) is 24.1. The van der Waals surface area contributed by atoms with Crippen molar-refractivity contribution in [3.05, 3.63) is 28.0 Å². The number of thiazole rings is 1. The van der Waals surface area contributed by atoms with Crippen LogP contribution in [-0.4, -0.2) is 70.4 Å². The number of amides is 2. The second-order valence-electron chi connectivity index (χ2n) is 7.16. The maximum Gasteiger partial charge on any atom is 0.324 e. The lowest BCUT2D eigenvalue weighted by Gasteiger charge is -2.38. The van der Waals surface area contributed by atoms with Gasteiger partial charge in [-0.15, -0.1) is 11.3 Å². The molecule has 3 aliphatic rings. The van der Waals surface area contributed by atoms with Crippen LogP contribution < -0.4 is 4.90 Å². The number of fused-ring (bicyclic) bond motifs is 1. The number of carbonyl (C=O) groups excluding carboxylic acids is 1. The van der Waals surface area contributed by atoms with Crippen LogP contribution in [0.5, 0.6) is 0 Å². The maximum absolute atomic E-state index is 12.1. The van der Waals surface area contributed by atoms with E-state index in [1.54, 1.807) is 27.3 Å². The van der Waals surface area contributed by atoms with Crippen LogP contribution in [0.1, 0.15) is 21.6 Å². The van der Waals surface area contributed by atoms with E-state index in [0.29, 0.717) is 6.04 Å². The molecule has 3 aliphatic heterocycles. The third kappa shape index (κ3) is 2.80. The van der Waals surface area contributed by atoms with Crippen LogP contribution in [0.15, 0.2) is 12.4 Å². The first-order chi connectivity index (χ1) is 12.7. The van der Waals surface area contributed by atoms with E-state index in [1.165, 1.54) is 15.6 Å². The zero-order chi connectivity index (χ0) is 17.7. The van der Waals surface area contributed by atoms with Crippen molar-refractivity contribution in [1.82, 2.24) is 24.6 Å². The number of nitrogens with zero attached hydrogens (tertiary/aromatic N) is 6. The number of anilines is 1. The lowest BCUT2D eigenvalue weighted by molar-refractivity contribution is 0.0907. The summed E-state index contributed by atoms with van der Waals surface area (Å²) in [6.45, 7) is 5.85. The van der Waals surface area contributed by atoms with Crippen molar-refractivity contribution < 1.29 is 9.53 Å². The zero-order valence-electron chi connectivity index (χ0n) is 14.8. The van der Waals surface area contributed by atoms with Crippen molar-refractivity contribution in [3.63, 3.8) is 0 Å². The third-order valence-corrected chi connectivity index (χ3v) is 6.38. The molecule has 2 aromatic heterocycles. The van der Waals surface area contributed by atoms with Crippen LogP contribution in [0, 0.1) is 0 Å². The molecule has 26 heavy (non-hydrogen) atoms. The zero-order valence-corrected chi connectivity index (χ0v) is 15.6. The number of likely N-dealkylation sites (N-methyl/N-ethyl adjacent to an activating group) is 1. The number of hydrogen-bond acceptors (Lipinski definition) is 6. The van der Waals surface area contributed by atoms with Gasteiger partial charge in [-0.25, -0.2) is 9.78 Å². The summed E-state index contributed by atoms with van der Waals surface area (Å²) in [7, 11) is 1.83. The molecule has 138 valence electrons. The van der Waals surface area contributed by atoms with Gasteiger partial charge in [0.2, 0.25) is 0 Å². The predicted molar refractivity (Wildman–Crippen MR) is 97.4 cm³/mol. The molecule has 5 rings (SSSR count). The van der Waals surface area contributed by atoms with Crippen LogP contribution in [0.4, 0.5) is 10.5 Å². The number of likely N-dealkylation sites (tertiary alicyclic amines) is 1. The summed E-state index contributed by atoms with van der Waals surface area (Å²) in [5.41, 5.74) is 2.12. The summed E-state index contributed by atoms with van der Waals surface area (Å²) in [6, 6.07) is 0.425.